The fourth-order valence-corrected chi connectivity index (χ4v) is 9.07. The summed E-state index contributed by atoms with van der Waals surface area (Å²) in [5, 5.41) is 22.3. The number of aromatic nitrogens is 1. The molecule has 4 unspecified atom stereocenters. The van der Waals surface area contributed by atoms with Gasteiger partial charge in [-0.3, -0.25) is 5.32 Å². The molecule has 0 radical (unpaired) electrons. The highest BCUT2D eigenvalue weighted by Crippen LogP contribution is 2.59. The molecule has 3 N–H and O–H groups in total. The number of nitrogens with zero attached hydrogens (tertiary/aromatic N) is 1. The Morgan fingerprint density at radius 1 is 1.08 bits per heavy atom. The number of unbranched alkanes of at least 4 members (excludes halogenated alkanes) is 1. The largest absolute Gasteiger partial charge is 0.445 e. The topological polar surface area (TPSA) is 105 Å². The Kier molecular flexibility index (Phi) is 11.4. The number of carbonyl (C=O) groups is 1. The average Bonchev–Trinajstić information content (AvgIpc) is 3.66. The number of halogens is 5. The van der Waals surface area contributed by atoms with Crippen molar-refractivity contribution in [2.24, 2.45) is 17.3 Å². The van der Waals surface area contributed by atoms with E-state index in [0.29, 0.717) is 74.0 Å². The van der Waals surface area contributed by atoms with Gasteiger partial charge in [0.05, 0.1) is 23.8 Å². The molecular weight excluding hydrogens is 683 g/mol. The van der Waals surface area contributed by atoms with Crippen LogP contribution in [0.4, 0.5) is 32.4 Å². The van der Waals surface area contributed by atoms with Crippen LogP contribution in [-0.4, -0.2) is 39.6 Å². The first-order valence-electron chi connectivity index (χ1n) is 18.7. The molecule has 2 aromatic rings. The maximum Gasteiger partial charge on any atom is 0.412 e. The zero-order valence-corrected chi connectivity index (χ0v) is 29.9. The number of hydrogen-bond donors (Lipinski definition) is 3. The van der Waals surface area contributed by atoms with Crippen molar-refractivity contribution < 1.29 is 46.1 Å². The maximum absolute atomic E-state index is 14.4. The van der Waals surface area contributed by atoms with Gasteiger partial charge in [-0.2, -0.15) is 0 Å². The van der Waals surface area contributed by atoms with Gasteiger partial charge in [-0.05, 0) is 105 Å². The first-order valence-corrected chi connectivity index (χ1v) is 18.7. The molecule has 1 aromatic heterocycles. The zero-order valence-electron chi connectivity index (χ0n) is 29.9. The third kappa shape index (κ3) is 7.47. The van der Waals surface area contributed by atoms with Gasteiger partial charge in [0.2, 0.25) is 11.7 Å². The van der Waals surface area contributed by atoms with Crippen LogP contribution >= 0.6 is 0 Å². The van der Waals surface area contributed by atoms with Crippen molar-refractivity contribution in [3.8, 4) is 0 Å². The van der Waals surface area contributed by atoms with E-state index in [1.165, 1.54) is 5.57 Å². The van der Waals surface area contributed by atoms with Crippen LogP contribution in [0.3, 0.4) is 0 Å². The van der Waals surface area contributed by atoms with E-state index in [0.717, 1.165) is 56.9 Å². The molecule has 6 atom stereocenters. The van der Waals surface area contributed by atoms with Gasteiger partial charge in [-0.15, -0.1) is 0 Å². The highest BCUT2D eigenvalue weighted by molar-refractivity contribution is 5.85. The van der Waals surface area contributed by atoms with Crippen molar-refractivity contribution in [2.75, 3.05) is 5.32 Å². The van der Waals surface area contributed by atoms with Crippen LogP contribution < -0.4 is 5.32 Å². The van der Waals surface area contributed by atoms with Crippen molar-refractivity contribution in [1.29, 1.82) is 0 Å². The Bertz CT molecular complexity index is 1710. The van der Waals surface area contributed by atoms with Crippen molar-refractivity contribution in [2.45, 2.75) is 134 Å². The maximum atomic E-state index is 14.4. The molecule has 1 amide bonds. The Morgan fingerprint density at radius 3 is 2.48 bits per heavy atom. The highest BCUT2D eigenvalue weighted by Gasteiger charge is 2.57. The Morgan fingerprint density at radius 2 is 1.79 bits per heavy atom. The molecule has 1 heterocycles. The minimum absolute atomic E-state index is 0.0543. The summed E-state index contributed by atoms with van der Waals surface area (Å²) < 4.78 is 82.2. The Hall–Kier alpha value is -3.51. The number of aliphatic hydroxyl groups is 2. The Balaban J connectivity index is 1.17. The summed E-state index contributed by atoms with van der Waals surface area (Å²) in [5.74, 6) is -9.06. The molecule has 4 saturated carbocycles. The van der Waals surface area contributed by atoms with Crippen molar-refractivity contribution >= 4 is 11.8 Å². The van der Waals surface area contributed by atoms with Crippen molar-refractivity contribution in [3.05, 3.63) is 82.4 Å². The number of aryl methyl sites for hydroxylation is 1. The van der Waals surface area contributed by atoms with Crippen molar-refractivity contribution in [3.63, 3.8) is 0 Å². The molecule has 4 aliphatic rings. The monoisotopic (exact) mass is 732 g/mol. The van der Waals surface area contributed by atoms with Crippen LogP contribution in [0.15, 0.2) is 46.1 Å². The second-order valence-corrected chi connectivity index (χ2v) is 15.5. The lowest BCUT2D eigenvalue weighted by Gasteiger charge is -2.42. The second-order valence-electron chi connectivity index (χ2n) is 15.5. The normalized spacial score (nSPS) is 29.0. The van der Waals surface area contributed by atoms with Gasteiger partial charge in [0, 0.05) is 12.8 Å². The summed E-state index contributed by atoms with van der Waals surface area (Å²) in [4.78, 5) is 17.6. The van der Waals surface area contributed by atoms with Crippen LogP contribution in [-0.2, 0) is 16.6 Å². The number of carbonyl (C=O) groups excluding carboxylic acids is 1. The van der Waals surface area contributed by atoms with Gasteiger partial charge < -0.3 is 19.4 Å². The van der Waals surface area contributed by atoms with Gasteiger partial charge in [-0.25, -0.2) is 31.7 Å². The van der Waals surface area contributed by atoms with Gasteiger partial charge in [0.15, 0.2) is 23.3 Å². The number of benzene rings is 1. The Labute approximate surface area is 301 Å². The van der Waals surface area contributed by atoms with Crippen molar-refractivity contribution in [1.82, 2.24) is 4.98 Å². The predicted octanol–water partition coefficient (Wildman–Crippen LogP) is 9.67. The number of fused-ring (bicyclic) bond motifs is 1. The predicted molar refractivity (Wildman–Crippen MR) is 185 cm³/mol. The number of anilines is 1. The molecule has 4 aliphatic carbocycles. The van der Waals surface area contributed by atoms with E-state index in [2.05, 4.69) is 31.5 Å². The van der Waals surface area contributed by atoms with Crippen LogP contribution in [0.5, 0.6) is 0 Å². The molecule has 6 rings (SSSR count). The van der Waals surface area contributed by atoms with Crippen LogP contribution in [0.1, 0.15) is 115 Å². The fraction of sp³-hybridized carbons (Fsp3) is 0.600. The standard InChI is InChI=1S/C40H49F5N2O5/c1-4-5-10-27-21-46-37(51-27)40(17-18-40)30(52-38(50)47-36-34(44)32(42)31(41)33(43)35(36)45)11-6-9-25-14-15-28-23(8-7-16-39(25,28)3)12-13-24-19-26(48)20-29(49)22(24)2/h12-13,21,25-26,28-30,48-49H,2,4-11,14-20H2,1,3H3,(H,47,50)/b23-12+,24-13-/t25?,26-,28?,29+,30?,39?/m1/s1. The highest BCUT2D eigenvalue weighted by atomic mass is 19.2. The molecule has 0 aliphatic heterocycles. The minimum atomic E-state index is -2.32. The summed E-state index contributed by atoms with van der Waals surface area (Å²) in [6.07, 6.45) is 14.0. The number of aliphatic hydroxyl groups excluding tert-OH is 2. The van der Waals surface area contributed by atoms with E-state index in [9.17, 15) is 37.0 Å². The van der Waals surface area contributed by atoms with Gasteiger partial charge in [-0.1, -0.05) is 44.6 Å². The number of allylic oxidation sites excluding steroid dienone is 3. The number of oxazole rings is 1. The van der Waals surface area contributed by atoms with Crippen LogP contribution in [0.2, 0.25) is 0 Å². The smallest absolute Gasteiger partial charge is 0.412 e. The lowest BCUT2D eigenvalue weighted by Crippen LogP contribution is -2.35. The first-order chi connectivity index (χ1) is 24.8. The fourth-order valence-electron chi connectivity index (χ4n) is 9.07. The lowest BCUT2D eigenvalue weighted by molar-refractivity contribution is 0.0654. The first kappa shape index (κ1) is 38.2. The van der Waals surface area contributed by atoms with Gasteiger partial charge >= 0.3 is 6.09 Å². The molecule has 0 spiro atoms. The summed E-state index contributed by atoms with van der Waals surface area (Å²) >= 11 is 0. The summed E-state index contributed by atoms with van der Waals surface area (Å²) in [6, 6.07) is 0. The van der Waals surface area contributed by atoms with E-state index in [1.807, 2.05) is 6.08 Å². The number of ether oxygens (including phenoxy) is 1. The summed E-state index contributed by atoms with van der Waals surface area (Å²) in [6.45, 7) is 8.46. The van der Waals surface area contributed by atoms with Gasteiger partial charge in [0.1, 0.15) is 17.6 Å². The van der Waals surface area contributed by atoms with Crippen LogP contribution in [0.25, 0.3) is 0 Å². The molecule has 52 heavy (non-hydrogen) atoms. The number of nitrogens with one attached hydrogen (secondary N) is 1. The third-order valence-corrected chi connectivity index (χ3v) is 12.3. The third-order valence-electron chi connectivity index (χ3n) is 12.3. The molecule has 284 valence electrons. The molecule has 0 saturated heterocycles. The van der Waals surface area contributed by atoms with E-state index >= 15 is 0 Å². The minimum Gasteiger partial charge on any atom is -0.445 e. The molecular formula is C40H49F5N2O5. The van der Waals surface area contributed by atoms with E-state index in [-0.39, 0.29) is 5.41 Å². The molecule has 7 nitrogen and oxygen atoms in total. The van der Waals surface area contributed by atoms with E-state index in [4.69, 9.17) is 9.15 Å². The molecule has 0 bridgehead atoms. The second kappa shape index (κ2) is 15.5. The molecule has 12 heteroatoms. The van der Waals surface area contributed by atoms with Crippen LogP contribution in [0, 0.1) is 46.3 Å². The number of rotatable bonds is 12. The van der Waals surface area contributed by atoms with E-state index < -0.39 is 64.6 Å². The molecule has 1 aromatic carbocycles. The summed E-state index contributed by atoms with van der Waals surface area (Å²) in [7, 11) is 0. The SMILES string of the molecule is C=C1/C(=C\C=C2/CCCC3(C)C(CCCC(OC(=O)Nc4c(F)c(F)c(F)c(F)c4F)C4(c5ncc(CCCC)o5)CC4)CCC23)C[C@@H](O)C[C@@H]1O. The number of hydrogen-bond acceptors (Lipinski definition) is 6. The quantitative estimate of drug-likeness (QED) is 0.114. The van der Waals surface area contributed by atoms with E-state index in [1.54, 1.807) is 11.5 Å². The number of amides is 1. The average molecular weight is 733 g/mol. The molecule has 4 fully saturated rings. The zero-order chi connectivity index (χ0) is 37.4. The van der Waals surface area contributed by atoms with Gasteiger partial charge in [0.25, 0.3) is 0 Å². The summed E-state index contributed by atoms with van der Waals surface area (Å²) in [5.41, 5.74) is 0.741. The lowest BCUT2D eigenvalue weighted by atomic mass is 9.62.